The Bertz CT molecular complexity index is 513. The third-order valence-corrected chi connectivity index (χ3v) is 3.06. The predicted molar refractivity (Wildman–Crippen MR) is 68.9 cm³/mol. The Morgan fingerprint density at radius 1 is 0.833 bits per heavy atom. The van der Waals surface area contributed by atoms with Crippen LogP contribution in [-0.4, -0.2) is 24.4 Å². The Hall–Kier alpha value is -1.78. The zero-order valence-corrected chi connectivity index (χ0v) is 10.4. The SMILES string of the molecule is COc1c(OC)c(CO)c2ccccc2c1CO. The van der Waals surface area contributed by atoms with Gasteiger partial charge >= 0.3 is 0 Å². The molecule has 0 aliphatic heterocycles. The van der Waals surface area contributed by atoms with Crippen molar-refractivity contribution < 1.29 is 19.7 Å². The Morgan fingerprint density at radius 2 is 1.22 bits per heavy atom. The molecule has 2 N–H and O–H groups in total. The van der Waals surface area contributed by atoms with Gasteiger partial charge in [0.1, 0.15) is 0 Å². The van der Waals surface area contributed by atoms with E-state index in [0.717, 1.165) is 10.8 Å². The molecule has 0 aromatic heterocycles. The fourth-order valence-corrected chi connectivity index (χ4v) is 2.27. The molecule has 2 rings (SSSR count). The van der Waals surface area contributed by atoms with Crippen LogP contribution in [-0.2, 0) is 13.2 Å². The molecule has 2 aromatic rings. The molecule has 4 nitrogen and oxygen atoms in total. The molecule has 2 aromatic carbocycles. The smallest absolute Gasteiger partial charge is 0.167 e. The second kappa shape index (κ2) is 5.25. The number of benzene rings is 2. The number of fused-ring (bicyclic) bond motifs is 1. The summed E-state index contributed by atoms with van der Waals surface area (Å²) in [7, 11) is 3.04. The first-order valence-corrected chi connectivity index (χ1v) is 5.64. The third-order valence-electron chi connectivity index (χ3n) is 3.06. The van der Waals surface area contributed by atoms with E-state index < -0.39 is 0 Å². The molecule has 0 fully saturated rings. The van der Waals surface area contributed by atoms with Gasteiger partial charge in [0.25, 0.3) is 0 Å². The lowest BCUT2D eigenvalue weighted by Crippen LogP contribution is -2.02. The number of hydrogen-bond donors (Lipinski definition) is 2. The normalized spacial score (nSPS) is 10.7. The van der Waals surface area contributed by atoms with Crippen molar-refractivity contribution in [3.05, 3.63) is 35.4 Å². The second-order valence-corrected chi connectivity index (χ2v) is 3.89. The zero-order valence-electron chi connectivity index (χ0n) is 10.4. The molecule has 0 atom stereocenters. The molecule has 0 aliphatic carbocycles. The van der Waals surface area contributed by atoms with E-state index in [1.807, 2.05) is 24.3 Å². The lowest BCUT2D eigenvalue weighted by molar-refractivity contribution is 0.262. The van der Waals surface area contributed by atoms with Gasteiger partial charge in [-0.25, -0.2) is 0 Å². The van der Waals surface area contributed by atoms with Crippen molar-refractivity contribution in [1.82, 2.24) is 0 Å². The van der Waals surface area contributed by atoms with Crippen molar-refractivity contribution in [2.24, 2.45) is 0 Å². The van der Waals surface area contributed by atoms with Gasteiger partial charge in [-0.1, -0.05) is 24.3 Å². The van der Waals surface area contributed by atoms with Gasteiger partial charge in [0.2, 0.25) is 0 Å². The largest absolute Gasteiger partial charge is 0.492 e. The molecule has 18 heavy (non-hydrogen) atoms. The first-order valence-electron chi connectivity index (χ1n) is 5.64. The van der Waals surface area contributed by atoms with E-state index in [1.54, 1.807) is 0 Å². The van der Waals surface area contributed by atoms with Gasteiger partial charge in [0.15, 0.2) is 11.5 Å². The van der Waals surface area contributed by atoms with Crippen LogP contribution in [0.25, 0.3) is 10.8 Å². The van der Waals surface area contributed by atoms with E-state index in [0.29, 0.717) is 22.6 Å². The molecule has 0 radical (unpaired) electrons. The van der Waals surface area contributed by atoms with Crippen LogP contribution in [0.4, 0.5) is 0 Å². The number of aliphatic hydroxyl groups excluding tert-OH is 2. The topological polar surface area (TPSA) is 58.9 Å². The Kier molecular flexibility index (Phi) is 3.69. The third kappa shape index (κ3) is 1.79. The van der Waals surface area contributed by atoms with Crippen LogP contribution in [0, 0.1) is 0 Å². The van der Waals surface area contributed by atoms with Crippen molar-refractivity contribution in [2.45, 2.75) is 13.2 Å². The highest BCUT2D eigenvalue weighted by Crippen LogP contribution is 2.41. The van der Waals surface area contributed by atoms with E-state index in [4.69, 9.17) is 9.47 Å². The van der Waals surface area contributed by atoms with Gasteiger partial charge in [-0.05, 0) is 10.8 Å². The van der Waals surface area contributed by atoms with E-state index in [2.05, 4.69) is 0 Å². The molecule has 0 saturated carbocycles. The summed E-state index contributed by atoms with van der Waals surface area (Å²) in [6.45, 7) is -0.294. The maximum Gasteiger partial charge on any atom is 0.167 e. The molecule has 0 spiro atoms. The Labute approximate surface area is 105 Å². The first kappa shape index (κ1) is 12.7. The molecule has 0 saturated heterocycles. The maximum absolute atomic E-state index is 9.53. The van der Waals surface area contributed by atoms with E-state index in [9.17, 15) is 10.2 Å². The number of methoxy groups -OCH3 is 2. The van der Waals surface area contributed by atoms with Crippen LogP contribution >= 0.6 is 0 Å². The van der Waals surface area contributed by atoms with E-state index >= 15 is 0 Å². The summed E-state index contributed by atoms with van der Waals surface area (Å²) in [4.78, 5) is 0. The number of ether oxygens (including phenoxy) is 2. The summed E-state index contributed by atoms with van der Waals surface area (Å²) in [6.07, 6.45) is 0. The minimum atomic E-state index is -0.147. The fraction of sp³-hybridized carbons (Fsp3) is 0.286. The number of hydrogen-bond acceptors (Lipinski definition) is 4. The lowest BCUT2D eigenvalue weighted by Gasteiger charge is -2.18. The molecular weight excluding hydrogens is 232 g/mol. The molecule has 0 aliphatic rings. The predicted octanol–water partition coefficient (Wildman–Crippen LogP) is 1.84. The van der Waals surface area contributed by atoms with Gasteiger partial charge in [0.05, 0.1) is 27.4 Å². The minimum Gasteiger partial charge on any atom is -0.492 e. The molecule has 0 bridgehead atoms. The average Bonchev–Trinajstić information content (AvgIpc) is 2.44. The van der Waals surface area contributed by atoms with Gasteiger partial charge < -0.3 is 19.7 Å². The van der Waals surface area contributed by atoms with E-state index in [-0.39, 0.29) is 13.2 Å². The Balaban J connectivity index is 2.94. The van der Waals surface area contributed by atoms with Crippen molar-refractivity contribution in [3.8, 4) is 11.5 Å². The van der Waals surface area contributed by atoms with Crippen LogP contribution < -0.4 is 9.47 Å². The molecule has 4 heteroatoms. The highest BCUT2D eigenvalue weighted by Gasteiger charge is 2.19. The van der Waals surface area contributed by atoms with Gasteiger partial charge in [-0.15, -0.1) is 0 Å². The van der Waals surface area contributed by atoms with Crippen molar-refractivity contribution in [1.29, 1.82) is 0 Å². The summed E-state index contributed by atoms with van der Waals surface area (Å²) < 4.78 is 10.6. The summed E-state index contributed by atoms with van der Waals surface area (Å²) in [6, 6.07) is 7.55. The molecular formula is C14H16O4. The number of rotatable bonds is 4. The average molecular weight is 248 g/mol. The van der Waals surface area contributed by atoms with Crippen LogP contribution in [0.15, 0.2) is 24.3 Å². The fourth-order valence-electron chi connectivity index (χ4n) is 2.27. The highest BCUT2D eigenvalue weighted by atomic mass is 16.5. The zero-order chi connectivity index (χ0) is 13.1. The molecule has 0 unspecified atom stereocenters. The van der Waals surface area contributed by atoms with Crippen LogP contribution in [0.1, 0.15) is 11.1 Å². The summed E-state index contributed by atoms with van der Waals surface area (Å²) in [5.41, 5.74) is 1.34. The van der Waals surface area contributed by atoms with E-state index in [1.165, 1.54) is 14.2 Å². The van der Waals surface area contributed by atoms with Crippen LogP contribution in [0.5, 0.6) is 11.5 Å². The summed E-state index contributed by atoms with van der Waals surface area (Å²) in [5.74, 6) is 0.950. The van der Waals surface area contributed by atoms with Crippen molar-refractivity contribution >= 4 is 10.8 Å². The van der Waals surface area contributed by atoms with Crippen LogP contribution in [0.2, 0.25) is 0 Å². The summed E-state index contributed by atoms with van der Waals surface area (Å²) in [5, 5.41) is 20.8. The van der Waals surface area contributed by atoms with Crippen molar-refractivity contribution in [3.63, 3.8) is 0 Å². The molecule has 0 amide bonds. The second-order valence-electron chi connectivity index (χ2n) is 3.89. The molecule has 0 heterocycles. The first-order chi connectivity index (χ1) is 8.78. The monoisotopic (exact) mass is 248 g/mol. The summed E-state index contributed by atoms with van der Waals surface area (Å²) >= 11 is 0. The van der Waals surface area contributed by atoms with Gasteiger partial charge in [-0.3, -0.25) is 0 Å². The standard InChI is InChI=1S/C14H16O4/c1-17-13-11(7-15)9-5-3-4-6-10(9)12(8-16)14(13)18-2/h3-6,15-16H,7-8H2,1-2H3. The quantitative estimate of drug-likeness (QED) is 0.866. The maximum atomic E-state index is 9.53. The minimum absolute atomic E-state index is 0.147. The Morgan fingerprint density at radius 3 is 1.50 bits per heavy atom. The van der Waals surface area contributed by atoms with Gasteiger partial charge in [-0.2, -0.15) is 0 Å². The highest BCUT2D eigenvalue weighted by molar-refractivity contribution is 5.93. The van der Waals surface area contributed by atoms with Crippen LogP contribution in [0.3, 0.4) is 0 Å². The van der Waals surface area contributed by atoms with Gasteiger partial charge in [0, 0.05) is 11.1 Å². The lowest BCUT2D eigenvalue weighted by atomic mass is 9.98. The molecule has 96 valence electrons. The van der Waals surface area contributed by atoms with Crippen molar-refractivity contribution in [2.75, 3.05) is 14.2 Å². The number of aliphatic hydroxyl groups is 2.